The third-order valence-electron chi connectivity index (χ3n) is 4.79. The van der Waals surface area contributed by atoms with E-state index < -0.39 is 6.09 Å². The summed E-state index contributed by atoms with van der Waals surface area (Å²) in [6, 6.07) is 2.05. The highest BCUT2D eigenvalue weighted by Crippen LogP contribution is 2.40. The zero-order valence-corrected chi connectivity index (χ0v) is 14.7. The van der Waals surface area contributed by atoms with Crippen LogP contribution < -0.4 is 11.1 Å². The monoisotopic (exact) mass is 322 g/mol. The maximum atomic E-state index is 10.8. The molecular formula is C17H30N4O2. The SMILES string of the molecule is CCC(CC1CCC(c2cc(N)n(C(C)(C)C)n2)C1)NC(=O)O. The Bertz CT molecular complexity index is 547. The van der Waals surface area contributed by atoms with E-state index in [0.717, 1.165) is 43.6 Å². The fourth-order valence-corrected chi connectivity index (χ4v) is 3.61. The van der Waals surface area contributed by atoms with Crippen molar-refractivity contribution in [3.63, 3.8) is 0 Å². The number of nitrogens with two attached hydrogens (primary N) is 1. The number of rotatable bonds is 5. The highest BCUT2D eigenvalue weighted by atomic mass is 16.4. The standard InChI is InChI=1S/C17H30N4O2/c1-5-13(19-16(22)23)9-11-6-7-12(8-11)14-10-15(18)21(20-14)17(2,3)4/h10-13,19H,5-9,18H2,1-4H3,(H,22,23). The van der Waals surface area contributed by atoms with Gasteiger partial charge in [0, 0.05) is 18.0 Å². The molecule has 0 saturated heterocycles. The minimum atomic E-state index is -0.928. The van der Waals surface area contributed by atoms with Gasteiger partial charge >= 0.3 is 6.09 Å². The molecule has 1 aliphatic rings. The summed E-state index contributed by atoms with van der Waals surface area (Å²) in [6.07, 6.45) is 4.12. The van der Waals surface area contributed by atoms with Crippen LogP contribution in [0.25, 0.3) is 0 Å². The van der Waals surface area contributed by atoms with Gasteiger partial charge in [0.1, 0.15) is 5.82 Å². The smallest absolute Gasteiger partial charge is 0.404 e. The largest absolute Gasteiger partial charge is 0.465 e. The highest BCUT2D eigenvalue weighted by Gasteiger charge is 2.30. The first kappa shape index (κ1) is 17.6. The van der Waals surface area contributed by atoms with Gasteiger partial charge in [0.2, 0.25) is 0 Å². The minimum Gasteiger partial charge on any atom is -0.465 e. The van der Waals surface area contributed by atoms with Crippen molar-refractivity contribution in [1.29, 1.82) is 0 Å². The summed E-state index contributed by atoms with van der Waals surface area (Å²) in [4.78, 5) is 10.8. The summed E-state index contributed by atoms with van der Waals surface area (Å²) < 4.78 is 1.90. The van der Waals surface area contributed by atoms with Gasteiger partial charge in [0.05, 0.1) is 11.2 Å². The quantitative estimate of drug-likeness (QED) is 0.773. The number of hydrogen-bond acceptors (Lipinski definition) is 3. The zero-order valence-electron chi connectivity index (χ0n) is 14.7. The summed E-state index contributed by atoms with van der Waals surface area (Å²) in [6.45, 7) is 8.32. The first-order valence-corrected chi connectivity index (χ1v) is 8.56. The predicted molar refractivity (Wildman–Crippen MR) is 91.6 cm³/mol. The predicted octanol–water partition coefficient (Wildman–Crippen LogP) is 3.54. The lowest BCUT2D eigenvalue weighted by Crippen LogP contribution is -2.34. The number of carboxylic acid groups (broad SMARTS) is 1. The van der Waals surface area contributed by atoms with Crippen LogP contribution in [0.4, 0.5) is 10.6 Å². The van der Waals surface area contributed by atoms with Crippen molar-refractivity contribution in [2.75, 3.05) is 5.73 Å². The molecule has 6 heteroatoms. The van der Waals surface area contributed by atoms with Crippen LogP contribution in [0, 0.1) is 5.92 Å². The van der Waals surface area contributed by atoms with Crippen molar-refractivity contribution in [2.45, 2.75) is 77.3 Å². The minimum absolute atomic E-state index is 0.0495. The second kappa shape index (κ2) is 6.81. The molecule has 0 aliphatic heterocycles. The molecule has 1 aromatic heterocycles. The Balaban J connectivity index is 1.99. The zero-order chi connectivity index (χ0) is 17.2. The molecule has 0 aromatic carbocycles. The highest BCUT2D eigenvalue weighted by molar-refractivity contribution is 5.64. The summed E-state index contributed by atoms with van der Waals surface area (Å²) in [5, 5.41) is 16.2. The number of nitrogens with one attached hydrogen (secondary N) is 1. The van der Waals surface area contributed by atoms with Gasteiger partial charge in [-0.2, -0.15) is 5.10 Å². The molecule has 23 heavy (non-hydrogen) atoms. The molecule has 2 rings (SSSR count). The average Bonchev–Trinajstić information content (AvgIpc) is 3.03. The van der Waals surface area contributed by atoms with E-state index in [0.29, 0.717) is 11.8 Å². The van der Waals surface area contributed by atoms with E-state index in [9.17, 15) is 4.79 Å². The number of anilines is 1. The van der Waals surface area contributed by atoms with Crippen molar-refractivity contribution >= 4 is 11.9 Å². The van der Waals surface area contributed by atoms with Gasteiger partial charge < -0.3 is 16.2 Å². The molecule has 1 heterocycles. The Labute approximate surface area is 138 Å². The maximum absolute atomic E-state index is 10.8. The molecule has 0 radical (unpaired) electrons. The van der Waals surface area contributed by atoms with E-state index in [-0.39, 0.29) is 11.6 Å². The molecule has 1 fully saturated rings. The molecule has 1 saturated carbocycles. The Morgan fingerprint density at radius 1 is 1.52 bits per heavy atom. The lowest BCUT2D eigenvalue weighted by Gasteiger charge is -2.21. The Kier molecular flexibility index (Phi) is 5.22. The van der Waals surface area contributed by atoms with Crippen molar-refractivity contribution < 1.29 is 9.90 Å². The van der Waals surface area contributed by atoms with Gasteiger partial charge in [-0.05, 0) is 58.8 Å². The fraction of sp³-hybridized carbons (Fsp3) is 0.765. The molecule has 1 amide bonds. The van der Waals surface area contributed by atoms with Crippen LogP contribution in [0.5, 0.6) is 0 Å². The molecule has 1 aliphatic carbocycles. The lowest BCUT2D eigenvalue weighted by molar-refractivity contribution is 0.187. The molecule has 130 valence electrons. The van der Waals surface area contributed by atoms with Gasteiger partial charge in [-0.15, -0.1) is 0 Å². The molecule has 0 bridgehead atoms. The van der Waals surface area contributed by atoms with Crippen LogP contribution >= 0.6 is 0 Å². The van der Waals surface area contributed by atoms with Crippen LogP contribution in [0.15, 0.2) is 6.07 Å². The Morgan fingerprint density at radius 2 is 2.22 bits per heavy atom. The lowest BCUT2D eigenvalue weighted by atomic mass is 9.95. The topological polar surface area (TPSA) is 93.2 Å². The van der Waals surface area contributed by atoms with E-state index in [1.54, 1.807) is 0 Å². The summed E-state index contributed by atoms with van der Waals surface area (Å²) in [7, 11) is 0. The van der Waals surface area contributed by atoms with E-state index >= 15 is 0 Å². The van der Waals surface area contributed by atoms with Crippen molar-refractivity contribution in [2.24, 2.45) is 5.92 Å². The third kappa shape index (κ3) is 4.39. The van der Waals surface area contributed by atoms with Crippen LogP contribution in [0.3, 0.4) is 0 Å². The summed E-state index contributed by atoms with van der Waals surface area (Å²) >= 11 is 0. The first-order chi connectivity index (χ1) is 10.7. The Morgan fingerprint density at radius 3 is 2.74 bits per heavy atom. The first-order valence-electron chi connectivity index (χ1n) is 8.56. The van der Waals surface area contributed by atoms with E-state index in [1.807, 2.05) is 17.7 Å². The van der Waals surface area contributed by atoms with Gasteiger partial charge in [-0.25, -0.2) is 9.48 Å². The molecule has 1 aromatic rings. The number of nitrogens with zero attached hydrogens (tertiary/aromatic N) is 2. The number of amides is 1. The summed E-state index contributed by atoms with van der Waals surface area (Å²) in [5.74, 6) is 1.71. The van der Waals surface area contributed by atoms with E-state index in [2.05, 4.69) is 26.1 Å². The second-order valence-corrected chi connectivity index (χ2v) is 7.74. The fourth-order valence-electron chi connectivity index (χ4n) is 3.61. The van der Waals surface area contributed by atoms with Crippen LogP contribution in [0.1, 0.15) is 71.4 Å². The van der Waals surface area contributed by atoms with Crippen molar-refractivity contribution in [3.8, 4) is 0 Å². The molecule has 0 spiro atoms. The van der Waals surface area contributed by atoms with Crippen LogP contribution in [0.2, 0.25) is 0 Å². The average molecular weight is 322 g/mol. The Hall–Kier alpha value is -1.72. The second-order valence-electron chi connectivity index (χ2n) is 7.74. The van der Waals surface area contributed by atoms with E-state index in [4.69, 9.17) is 15.9 Å². The number of nitrogen functional groups attached to an aromatic ring is 1. The van der Waals surface area contributed by atoms with E-state index in [1.165, 1.54) is 0 Å². The number of hydrogen-bond donors (Lipinski definition) is 3. The molecule has 3 atom stereocenters. The number of aromatic nitrogens is 2. The van der Waals surface area contributed by atoms with Gasteiger partial charge in [0.25, 0.3) is 0 Å². The normalized spacial score (nSPS) is 23.0. The molecular weight excluding hydrogens is 292 g/mol. The number of carbonyl (C=O) groups is 1. The molecule has 3 unspecified atom stereocenters. The van der Waals surface area contributed by atoms with Gasteiger partial charge in [-0.3, -0.25) is 0 Å². The van der Waals surface area contributed by atoms with Gasteiger partial charge in [0.15, 0.2) is 0 Å². The maximum Gasteiger partial charge on any atom is 0.404 e. The van der Waals surface area contributed by atoms with Crippen molar-refractivity contribution in [1.82, 2.24) is 15.1 Å². The van der Waals surface area contributed by atoms with Crippen molar-refractivity contribution in [3.05, 3.63) is 11.8 Å². The summed E-state index contributed by atoms with van der Waals surface area (Å²) in [5.41, 5.74) is 7.08. The van der Waals surface area contributed by atoms with Crippen LogP contribution in [-0.4, -0.2) is 27.0 Å². The molecule has 6 nitrogen and oxygen atoms in total. The third-order valence-corrected chi connectivity index (χ3v) is 4.79. The van der Waals surface area contributed by atoms with Gasteiger partial charge in [-0.1, -0.05) is 6.92 Å². The van der Waals surface area contributed by atoms with Crippen LogP contribution in [-0.2, 0) is 5.54 Å². The molecule has 4 N–H and O–H groups in total.